The zero-order valence-corrected chi connectivity index (χ0v) is 28.7. The molecule has 0 radical (unpaired) electrons. The lowest BCUT2D eigenvalue weighted by atomic mass is 9.92. The molecule has 0 N–H and O–H groups in total. The van der Waals surface area contributed by atoms with Gasteiger partial charge in [-0.3, -0.25) is 0 Å². The molecule has 0 atom stereocenters. The standard InChI is InChI=1S/C51H33N3/c1-3-12-34(13-4-1)36-22-26-38(27-23-36)49-52-50(54-51(53-49)42-17-11-16-40(32-42)35-14-5-2-6-15-35)39-28-24-37(25-29-39)41-30-31-47-45-20-8-7-18-43(45)44-19-9-10-21-46(44)48(47)33-41/h1-33H/i1D,3D,4D,12D,13D,22D,23D,26D,27D. The highest BCUT2D eigenvalue weighted by atomic mass is 15.0. The minimum absolute atomic E-state index is 0.123. The highest BCUT2D eigenvalue weighted by Crippen LogP contribution is 2.37. The topological polar surface area (TPSA) is 38.7 Å². The molecule has 0 saturated carbocycles. The third-order valence-electron chi connectivity index (χ3n) is 9.68. The van der Waals surface area contributed by atoms with E-state index < -0.39 is 65.5 Å². The van der Waals surface area contributed by atoms with E-state index in [4.69, 9.17) is 24.5 Å². The number of fused-ring (bicyclic) bond motifs is 6. The lowest BCUT2D eigenvalue weighted by Gasteiger charge is -2.12. The van der Waals surface area contributed by atoms with Crippen LogP contribution in [0.3, 0.4) is 0 Å². The number of hydrogen-bond donors (Lipinski definition) is 0. The van der Waals surface area contributed by atoms with Crippen LogP contribution in [0.1, 0.15) is 12.3 Å². The van der Waals surface area contributed by atoms with Crippen LogP contribution in [0, 0.1) is 0 Å². The molecule has 0 amide bonds. The highest BCUT2D eigenvalue weighted by molar-refractivity contribution is 6.25. The fraction of sp³-hybridized carbons (Fsp3) is 0. The lowest BCUT2D eigenvalue weighted by Crippen LogP contribution is -2.00. The van der Waals surface area contributed by atoms with Gasteiger partial charge in [0, 0.05) is 16.7 Å². The van der Waals surface area contributed by atoms with E-state index in [1.807, 2.05) is 78.9 Å². The second kappa shape index (κ2) is 13.4. The molecule has 10 aromatic rings. The molecule has 9 aromatic carbocycles. The van der Waals surface area contributed by atoms with Gasteiger partial charge in [-0.05, 0) is 77.8 Å². The van der Waals surface area contributed by atoms with Crippen molar-refractivity contribution in [2.45, 2.75) is 0 Å². The van der Waals surface area contributed by atoms with E-state index in [0.29, 0.717) is 11.1 Å². The summed E-state index contributed by atoms with van der Waals surface area (Å²) in [4.78, 5) is 14.5. The Labute approximate surface area is 326 Å². The van der Waals surface area contributed by atoms with Crippen LogP contribution in [-0.2, 0) is 0 Å². The van der Waals surface area contributed by atoms with Gasteiger partial charge in [0.1, 0.15) is 0 Å². The van der Waals surface area contributed by atoms with E-state index in [0.717, 1.165) is 27.6 Å². The molecule has 54 heavy (non-hydrogen) atoms. The predicted molar refractivity (Wildman–Crippen MR) is 225 cm³/mol. The summed E-state index contributed by atoms with van der Waals surface area (Å²) in [6, 6.07) is 43.2. The number of hydrogen-bond acceptors (Lipinski definition) is 3. The summed E-state index contributed by atoms with van der Waals surface area (Å²) in [7, 11) is 0. The lowest BCUT2D eigenvalue weighted by molar-refractivity contribution is 1.07. The van der Waals surface area contributed by atoms with Gasteiger partial charge in [-0.25, -0.2) is 15.0 Å². The summed E-state index contributed by atoms with van der Waals surface area (Å²) in [6.07, 6.45) is 0. The van der Waals surface area contributed by atoms with E-state index in [1.165, 1.54) is 26.9 Å². The first kappa shape index (κ1) is 23.4. The van der Waals surface area contributed by atoms with Crippen LogP contribution in [0.2, 0.25) is 0 Å². The average Bonchev–Trinajstić information content (AvgIpc) is 3.33. The van der Waals surface area contributed by atoms with Gasteiger partial charge in [-0.15, -0.1) is 0 Å². The summed E-state index contributed by atoms with van der Waals surface area (Å²) in [5.41, 5.74) is 4.04. The van der Waals surface area contributed by atoms with Crippen molar-refractivity contribution < 1.29 is 12.3 Å². The number of benzene rings is 9. The van der Waals surface area contributed by atoms with Crippen molar-refractivity contribution in [1.29, 1.82) is 0 Å². The molecule has 0 aliphatic rings. The molecule has 10 rings (SSSR count). The van der Waals surface area contributed by atoms with Crippen LogP contribution >= 0.6 is 0 Å². The van der Waals surface area contributed by atoms with Gasteiger partial charge in [-0.2, -0.15) is 0 Å². The summed E-state index contributed by atoms with van der Waals surface area (Å²) >= 11 is 0. The fourth-order valence-corrected chi connectivity index (χ4v) is 7.04. The van der Waals surface area contributed by atoms with E-state index in [-0.39, 0.29) is 23.0 Å². The third-order valence-corrected chi connectivity index (χ3v) is 9.68. The van der Waals surface area contributed by atoms with Crippen LogP contribution < -0.4 is 0 Å². The van der Waals surface area contributed by atoms with Crippen LogP contribution in [0.15, 0.2) is 200 Å². The molecule has 3 nitrogen and oxygen atoms in total. The smallest absolute Gasteiger partial charge is 0.164 e. The van der Waals surface area contributed by atoms with Crippen LogP contribution in [0.4, 0.5) is 0 Å². The van der Waals surface area contributed by atoms with Gasteiger partial charge < -0.3 is 0 Å². The maximum absolute atomic E-state index is 9.18. The molecule has 1 aromatic heterocycles. The fourth-order valence-electron chi connectivity index (χ4n) is 7.04. The minimum Gasteiger partial charge on any atom is -0.208 e. The third kappa shape index (κ3) is 5.78. The zero-order chi connectivity index (χ0) is 43.7. The van der Waals surface area contributed by atoms with Gasteiger partial charge in [0.2, 0.25) is 0 Å². The van der Waals surface area contributed by atoms with E-state index >= 15 is 0 Å². The van der Waals surface area contributed by atoms with Crippen molar-refractivity contribution in [3.8, 4) is 67.5 Å². The largest absolute Gasteiger partial charge is 0.208 e. The number of rotatable bonds is 6. The van der Waals surface area contributed by atoms with E-state index in [2.05, 4.69) is 66.7 Å². The minimum atomic E-state index is -0.648. The summed E-state index contributed by atoms with van der Waals surface area (Å²) in [5, 5.41) is 7.07. The van der Waals surface area contributed by atoms with Crippen LogP contribution in [0.25, 0.3) is 99.9 Å². The maximum Gasteiger partial charge on any atom is 0.164 e. The van der Waals surface area contributed by atoms with Crippen LogP contribution in [-0.4, -0.2) is 15.0 Å². The summed E-state index contributed by atoms with van der Waals surface area (Å²) in [5.74, 6) is 0.341. The summed E-state index contributed by atoms with van der Waals surface area (Å²) < 4.78 is 77.9. The van der Waals surface area contributed by atoms with E-state index in [9.17, 15) is 2.74 Å². The second-order valence-corrected chi connectivity index (χ2v) is 12.9. The first-order valence-corrected chi connectivity index (χ1v) is 17.5. The van der Waals surface area contributed by atoms with Crippen molar-refractivity contribution in [2.75, 3.05) is 0 Å². The molecule has 0 aliphatic carbocycles. The number of nitrogens with zero attached hydrogens (tertiary/aromatic N) is 3. The van der Waals surface area contributed by atoms with Gasteiger partial charge in [0.05, 0.1) is 12.3 Å². The molecule has 0 spiro atoms. The van der Waals surface area contributed by atoms with E-state index in [1.54, 1.807) is 0 Å². The Morgan fingerprint density at radius 1 is 0.259 bits per heavy atom. The van der Waals surface area contributed by atoms with Gasteiger partial charge >= 0.3 is 0 Å². The SMILES string of the molecule is [2H]c1c([2H])c([2H])c(-c2c([2H])c([2H])c(-c3nc(-c4ccc(-c5ccc6c7ccccc7c7ccccc7c6c5)cc4)nc(-c4cccc(-c5ccccc5)c4)n3)c([2H])c2[2H])c([2H])c1[2H]. The Balaban J connectivity index is 1.13. The normalized spacial score (nSPS) is 13.7. The first-order valence-electron chi connectivity index (χ1n) is 22.0. The maximum atomic E-state index is 9.18. The van der Waals surface area contributed by atoms with Gasteiger partial charge in [0.15, 0.2) is 17.5 Å². The van der Waals surface area contributed by atoms with Crippen molar-refractivity contribution in [3.63, 3.8) is 0 Å². The molecule has 0 aliphatic heterocycles. The zero-order valence-electron chi connectivity index (χ0n) is 37.7. The molecule has 0 fully saturated rings. The second-order valence-electron chi connectivity index (χ2n) is 12.9. The molecule has 0 bridgehead atoms. The average molecular weight is 697 g/mol. The first-order chi connectivity index (χ1) is 30.5. The summed E-state index contributed by atoms with van der Waals surface area (Å²) in [6.45, 7) is 0. The number of aromatic nitrogens is 3. The molecule has 3 heteroatoms. The highest BCUT2D eigenvalue weighted by Gasteiger charge is 2.15. The Morgan fingerprint density at radius 2 is 0.685 bits per heavy atom. The monoisotopic (exact) mass is 696 g/mol. The van der Waals surface area contributed by atoms with Crippen molar-refractivity contribution >= 4 is 32.3 Å². The molecular formula is C51H33N3. The molecule has 1 heterocycles. The molecule has 0 unspecified atom stereocenters. The van der Waals surface area contributed by atoms with Crippen molar-refractivity contribution in [2.24, 2.45) is 0 Å². The Hall–Kier alpha value is -7.23. The Bertz CT molecular complexity index is 3410. The Morgan fingerprint density at radius 3 is 1.35 bits per heavy atom. The van der Waals surface area contributed by atoms with Crippen LogP contribution in [0.5, 0.6) is 0 Å². The van der Waals surface area contributed by atoms with Crippen molar-refractivity contribution in [3.05, 3.63) is 200 Å². The van der Waals surface area contributed by atoms with Gasteiger partial charge in [0.25, 0.3) is 0 Å². The molecular weight excluding hydrogens is 655 g/mol. The molecule has 0 saturated heterocycles. The Kier molecular flexibility index (Phi) is 5.79. The predicted octanol–water partition coefficient (Wildman–Crippen LogP) is 13.3. The molecule has 252 valence electrons. The van der Waals surface area contributed by atoms with Gasteiger partial charge in [-0.1, -0.05) is 188 Å². The van der Waals surface area contributed by atoms with Crippen molar-refractivity contribution in [1.82, 2.24) is 15.0 Å². The quantitative estimate of drug-likeness (QED) is 0.162.